The van der Waals surface area contributed by atoms with Gasteiger partial charge in [0.25, 0.3) is 0 Å². The molecule has 0 saturated carbocycles. The van der Waals surface area contributed by atoms with Gasteiger partial charge in [0, 0.05) is 20.8 Å². The van der Waals surface area contributed by atoms with Crippen molar-refractivity contribution in [2.75, 3.05) is 6.61 Å². The molecule has 21 heavy (non-hydrogen) atoms. The smallest absolute Gasteiger partial charge is 0.303 e. The maximum atomic E-state index is 14.2. The van der Waals surface area contributed by atoms with Crippen LogP contribution in [0.5, 0.6) is 0 Å². The van der Waals surface area contributed by atoms with Gasteiger partial charge < -0.3 is 18.9 Å². The molecular formula is C12H16F2O7. The van der Waals surface area contributed by atoms with E-state index in [4.69, 9.17) is 0 Å². The summed E-state index contributed by atoms with van der Waals surface area (Å²) in [5.41, 5.74) is 0. The van der Waals surface area contributed by atoms with Crippen LogP contribution in [0.1, 0.15) is 20.8 Å². The summed E-state index contributed by atoms with van der Waals surface area (Å²) in [6.07, 6.45) is -9.12. The highest BCUT2D eigenvalue weighted by Gasteiger charge is 2.51. The molecule has 7 nitrogen and oxygen atoms in total. The van der Waals surface area contributed by atoms with Crippen LogP contribution in [0.4, 0.5) is 8.78 Å². The van der Waals surface area contributed by atoms with Gasteiger partial charge in [-0.25, -0.2) is 8.78 Å². The summed E-state index contributed by atoms with van der Waals surface area (Å²) < 4.78 is 46.6. The molecule has 1 saturated heterocycles. The van der Waals surface area contributed by atoms with Gasteiger partial charge in [-0.1, -0.05) is 0 Å². The van der Waals surface area contributed by atoms with Crippen LogP contribution in [0.3, 0.4) is 0 Å². The van der Waals surface area contributed by atoms with Crippen molar-refractivity contribution in [2.45, 2.75) is 51.6 Å². The van der Waals surface area contributed by atoms with Crippen LogP contribution in [0, 0.1) is 0 Å². The largest absolute Gasteiger partial charge is 0.463 e. The first kappa shape index (κ1) is 17.3. The van der Waals surface area contributed by atoms with E-state index in [1.165, 1.54) is 0 Å². The topological polar surface area (TPSA) is 88.1 Å². The first-order chi connectivity index (χ1) is 9.72. The van der Waals surface area contributed by atoms with Crippen LogP contribution in [0.25, 0.3) is 0 Å². The van der Waals surface area contributed by atoms with Crippen molar-refractivity contribution >= 4 is 17.9 Å². The number of esters is 3. The second-order valence-corrected chi connectivity index (χ2v) is 4.42. The van der Waals surface area contributed by atoms with Crippen molar-refractivity contribution in [3.63, 3.8) is 0 Å². The molecule has 0 aromatic heterocycles. The Morgan fingerprint density at radius 2 is 1.48 bits per heavy atom. The van der Waals surface area contributed by atoms with E-state index in [1.807, 2.05) is 0 Å². The molecule has 1 aliphatic heterocycles. The predicted molar refractivity (Wildman–Crippen MR) is 62.4 cm³/mol. The van der Waals surface area contributed by atoms with Crippen molar-refractivity contribution in [2.24, 2.45) is 0 Å². The average Bonchev–Trinajstić information content (AvgIpc) is 2.35. The summed E-state index contributed by atoms with van der Waals surface area (Å²) in [6.45, 7) is 2.53. The predicted octanol–water partition coefficient (Wildman–Crippen LogP) is 0.445. The molecule has 0 unspecified atom stereocenters. The number of hydrogen-bond donors (Lipinski definition) is 0. The first-order valence-electron chi connectivity index (χ1n) is 6.13. The molecular weight excluding hydrogens is 294 g/mol. The van der Waals surface area contributed by atoms with Crippen LogP contribution in [-0.4, -0.2) is 55.4 Å². The molecule has 0 radical (unpaired) electrons. The molecule has 0 aromatic rings. The van der Waals surface area contributed by atoms with Crippen molar-refractivity contribution in [1.82, 2.24) is 0 Å². The van der Waals surface area contributed by atoms with Crippen molar-refractivity contribution in [3.8, 4) is 0 Å². The summed E-state index contributed by atoms with van der Waals surface area (Å²) in [5.74, 6) is -2.46. The van der Waals surface area contributed by atoms with Gasteiger partial charge in [-0.05, 0) is 0 Å². The monoisotopic (exact) mass is 310 g/mol. The number of alkyl halides is 2. The Balaban J connectivity index is 2.87. The lowest BCUT2D eigenvalue weighted by Gasteiger charge is -2.39. The minimum Gasteiger partial charge on any atom is -0.463 e. The van der Waals surface area contributed by atoms with E-state index in [9.17, 15) is 23.2 Å². The normalized spacial score (nSPS) is 32.1. The fourth-order valence-electron chi connectivity index (χ4n) is 1.83. The maximum Gasteiger partial charge on any atom is 0.303 e. The third-order valence-corrected chi connectivity index (χ3v) is 2.61. The van der Waals surface area contributed by atoms with E-state index in [-0.39, 0.29) is 0 Å². The number of hydrogen-bond acceptors (Lipinski definition) is 7. The molecule has 9 heteroatoms. The molecule has 5 atom stereocenters. The van der Waals surface area contributed by atoms with E-state index >= 15 is 0 Å². The van der Waals surface area contributed by atoms with E-state index in [0.29, 0.717) is 0 Å². The van der Waals surface area contributed by atoms with Gasteiger partial charge in [0.15, 0.2) is 18.4 Å². The zero-order chi connectivity index (χ0) is 16.2. The highest BCUT2D eigenvalue weighted by atomic mass is 19.2. The number of ether oxygens (including phenoxy) is 4. The van der Waals surface area contributed by atoms with E-state index in [2.05, 4.69) is 18.9 Å². The number of halogens is 2. The lowest BCUT2D eigenvalue weighted by Crippen LogP contribution is -2.58. The second-order valence-electron chi connectivity index (χ2n) is 4.42. The fraction of sp³-hybridized carbons (Fsp3) is 0.750. The Hall–Kier alpha value is -1.77. The summed E-state index contributed by atoms with van der Waals surface area (Å²) in [4.78, 5) is 32.6. The highest BCUT2D eigenvalue weighted by Crippen LogP contribution is 2.29. The minimum atomic E-state index is -2.22. The summed E-state index contributed by atoms with van der Waals surface area (Å²) in [5, 5.41) is 0. The molecule has 0 spiro atoms. The average molecular weight is 310 g/mol. The molecule has 0 aromatic carbocycles. The molecule has 120 valence electrons. The van der Waals surface area contributed by atoms with Gasteiger partial charge in [-0.3, -0.25) is 14.4 Å². The summed E-state index contributed by atoms with van der Waals surface area (Å²) >= 11 is 0. The lowest BCUT2D eigenvalue weighted by atomic mass is 10.0. The van der Waals surface area contributed by atoms with Crippen molar-refractivity contribution in [1.29, 1.82) is 0 Å². The van der Waals surface area contributed by atoms with Gasteiger partial charge in [0.2, 0.25) is 6.36 Å². The van der Waals surface area contributed by atoms with Gasteiger partial charge in [-0.2, -0.15) is 0 Å². The maximum absolute atomic E-state index is 14.2. The molecule has 1 aliphatic rings. The van der Waals surface area contributed by atoms with Crippen LogP contribution < -0.4 is 0 Å². The fourth-order valence-corrected chi connectivity index (χ4v) is 1.83. The zero-order valence-electron chi connectivity index (χ0n) is 11.7. The minimum absolute atomic E-state index is 0.554. The van der Waals surface area contributed by atoms with Gasteiger partial charge >= 0.3 is 17.9 Å². The molecule has 0 aliphatic carbocycles. The van der Waals surface area contributed by atoms with E-state index < -0.39 is 55.4 Å². The quantitative estimate of drug-likeness (QED) is 0.550. The molecule has 0 amide bonds. The Bertz CT molecular complexity index is 414. The van der Waals surface area contributed by atoms with Gasteiger partial charge in [-0.15, -0.1) is 0 Å². The Morgan fingerprint density at radius 1 is 0.952 bits per heavy atom. The first-order valence-corrected chi connectivity index (χ1v) is 6.13. The van der Waals surface area contributed by atoms with Crippen LogP contribution >= 0.6 is 0 Å². The number of carbonyl (C=O) groups is 3. The van der Waals surface area contributed by atoms with Crippen LogP contribution in [-0.2, 0) is 33.3 Å². The Kier molecular flexibility index (Phi) is 6.01. The zero-order valence-corrected chi connectivity index (χ0v) is 11.7. The lowest BCUT2D eigenvalue weighted by molar-refractivity contribution is -0.262. The highest BCUT2D eigenvalue weighted by molar-refractivity contribution is 5.67. The Labute approximate surface area is 119 Å². The van der Waals surface area contributed by atoms with E-state index in [0.717, 1.165) is 20.8 Å². The summed E-state index contributed by atoms with van der Waals surface area (Å²) in [7, 11) is 0. The molecule has 0 bridgehead atoms. The van der Waals surface area contributed by atoms with Crippen molar-refractivity contribution < 1.29 is 42.1 Å². The van der Waals surface area contributed by atoms with Crippen molar-refractivity contribution in [3.05, 3.63) is 0 Å². The van der Waals surface area contributed by atoms with Gasteiger partial charge in [0.05, 0.1) is 0 Å². The van der Waals surface area contributed by atoms with E-state index in [1.54, 1.807) is 0 Å². The van der Waals surface area contributed by atoms with Crippen LogP contribution in [0.15, 0.2) is 0 Å². The molecule has 0 N–H and O–H groups in total. The summed E-state index contributed by atoms with van der Waals surface area (Å²) in [6, 6.07) is 0. The SMILES string of the molecule is CC(=O)OC[C@H]1O[C@H](F)[C@H](OC(C)=O)[C@@H](OC(C)=O)[C@@H]1F. The molecule has 1 heterocycles. The standard InChI is InChI=1S/C12H16F2O7/c1-5(15)18-4-8-9(13)10(19-6(2)16)11(12(14)21-8)20-7(3)17/h8-12H,4H2,1-3H3/t8-,9-,10+,11-,12+/m1/s1. The van der Waals surface area contributed by atoms with Crippen LogP contribution in [0.2, 0.25) is 0 Å². The third-order valence-electron chi connectivity index (χ3n) is 2.61. The van der Waals surface area contributed by atoms with Gasteiger partial charge in [0.1, 0.15) is 12.7 Å². The second kappa shape index (κ2) is 7.30. The Morgan fingerprint density at radius 3 is 1.95 bits per heavy atom. The molecule has 1 fully saturated rings. The molecule has 1 rings (SSSR count). The number of carbonyl (C=O) groups excluding carboxylic acids is 3. The number of rotatable bonds is 4. The third kappa shape index (κ3) is 4.92.